The van der Waals surface area contributed by atoms with Crippen LogP contribution in [0.2, 0.25) is 0 Å². The molecule has 1 saturated carbocycles. The molecule has 0 saturated heterocycles. The average molecular weight is 282 g/mol. The van der Waals surface area contributed by atoms with Gasteiger partial charge in [-0.1, -0.05) is 29.3 Å². The Bertz CT molecular complexity index is 376. The number of hydrogen-bond acceptors (Lipinski definition) is 1. The van der Waals surface area contributed by atoms with Crippen molar-refractivity contribution in [3.05, 3.63) is 28.7 Å². The van der Waals surface area contributed by atoms with Crippen LogP contribution in [-0.4, -0.2) is 5.91 Å². The topological polar surface area (TPSA) is 29.1 Å². The summed E-state index contributed by atoms with van der Waals surface area (Å²) in [5, 5.41) is 3.00. The number of carbonyl (C=O) groups is 1. The van der Waals surface area contributed by atoms with Gasteiger partial charge in [0.05, 0.1) is 0 Å². The second-order valence-corrected chi connectivity index (χ2v) is 5.36. The van der Waals surface area contributed by atoms with E-state index in [2.05, 4.69) is 28.2 Å². The summed E-state index contributed by atoms with van der Waals surface area (Å²) in [6.07, 6.45) is 4.19. The monoisotopic (exact) mass is 281 g/mol. The number of hydrogen-bond donors (Lipinski definition) is 1. The van der Waals surface area contributed by atoms with E-state index in [4.69, 9.17) is 0 Å². The molecule has 0 aliphatic heterocycles. The zero-order valence-corrected chi connectivity index (χ0v) is 11.0. The number of rotatable bonds is 3. The minimum Gasteiger partial charge on any atom is -0.326 e. The van der Waals surface area contributed by atoms with Crippen LogP contribution in [0.15, 0.2) is 28.7 Å². The van der Waals surface area contributed by atoms with Gasteiger partial charge >= 0.3 is 0 Å². The van der Waals surface area contributed by atoms with E-state index in [1.165, 1.54) is 6.42 Å². The molecule has 0 heterocycles. The average Bonchev–Trinajstić information content (AvgIpc) is 2.21. The molecule has 0 spiro atoms. The molecule has 16 heavy (non-hydrogen) atoms. The standard InChI is InChI=1S/C13H16BrNO/c1-2-13(8-3-9-13)12(16)15-11-6-4-10(14)5-7-11/h4-7H,2-3,8-9H2,1H3,(H,15,16). The van der Waals surface area contributed by atoms with Crippen LogP contribution in [-0.2, 0) is 4.79 Å². The summed E-state index contributed by atoms with van der Waals surface area (Å²) in [7, 11) is 0. The van der Waals surface area contributed by atoms with Crippen molar-refractivity contribution >= 4 is 27.5 Å². The smallest absolute Gasteiger partial charge is 0.230 e. The molecule has 2 nitrogen and oxygen atoms in total. The van der Waals surface area contributed by atoms with E-state index in [9.17, 15) is 4.79 Å². The van der Waals surface area contributed by atoms with Gasteiger partial charge in [-0.2, -0.15) is 0 Å². The zero-order chi connectivity index (χ0) is 11.6. The Morgan fingerprint density at radius 1 is 1.38 bits per heavy atom. The first-order chi connectivity index (χ1) is 7.66. The van der Waals surface area contributed by atoms with Gasteiger partial charge in [0, 0.05) is 15.6 Å². The molecule has 0 atom stereocenters. The first-order valence-electron chi connectivity index (χ1n) is 5.73. The van der Waals surface area contributed by atoms with Gasteiger partial charge in [-0.25, -0.2) is 0 Å². The Morgan fingerprint density at radius 3 is 2.44 bits per heavy atom. The molecule has 0 unspecified atom stereocenters. The van der Waals surface area contributed by atoms with Crippen molar-refractivity contribution in [3.8, 4) is 0 Å². The van der Waals surface area contributed by atoms with E-state index in [1.807, 2.05) is 24.3 Å². The van der Waals surface area contributed by atoms with Crippen molar-refractivity contribution in [1.29, 1.82) is 0 Å². The van der Waals surface area contributed by atoms with Gasteiger partial charge in [0.1, 0.15) is 0 Å². The summed E-state index contributed by atoms with van der Waals surface area (Å²) in [5.41, 5.74) is 0.792. The minimum atomic E-state index is -0.0902. The van der Waals surface area contributed by atoms with Crippen LogP contribution in [0.25, 0.3) is 0 Å². The summed E-state index contributed by atoms with van der Waals surface area (Å²) >= 11 is 3.38. The number of benzene rings is 1. The largest absolute Gasteiger partial charge is 0.326 e. The quantitative estimate of drug-likeness (QED) is 0.893. The maximum atomic E-state index is 12.1. The van der Waals surface area contributed by atoms with E-state index in [-0.39, 0.29) is 11.3 Å². The molecule has 0 bridgehead atoms. The second kappa shape index (κ2) is 4.58. The van der Waals surface area contributed by atoms with Crippen LogP contribution in [0.5, 0.6) is 0 Å². The molecule has 1 aromatic rings. The van der Waals surface area contributed by atoms with Gasteiger partial charge in [-0.05, 0) is 43.5 Å². The van der Waals surface area contributed by atoms with Gasteiger partial charge in [0.2, 0.25) is 5.91 Å². The number of carbonyl (C=O) groups excluding carboxylic acids is 1. The predicted molar refractivity (Wildman–Crippen MR) is 69.3 cm³/mol. The van der Waals surface area contributed by atoms with Gasteiger partial charge in [0.25, 0.3) is 0 Å². The Kier molecular flexibility index (Phi) is 3.33. The summed E-state index contributed by atoms with van der Waals surface area (Å²) in [5.74, 6) is 0.184. The highest BCUT2D eigenvalue weighted by atomic mass is 79.9. The fourth-order valence-electron chi connectivity index (χ4n) is 2.14. The molecule has 86 valence electrons. The van der Waals surface area contributed by atoms with Gasteiger partial charge < -0.3 is 5.32 Å². The zero-order valence-electron chi connectivity index (χ0n) is 9.42. The third-order valence-corrected chi connectivity index (χ3v) is 4.10. The van der Waals surface area contributed by atoms with Crippen molar-refractivity contribution in [3.63, 3.8) is 0 Å². The Morgan fingerprint density at radius 2 is 2.00 bits per heavy atom. The highest BCUT2D eigenvalue weighted by Crippen LogP contribution is 2.44. The predicted octanol–water partition coefficient (Wildman–Crippen LogP) is 3.97. The van der Waals surface area contributed by atoms with Crippen LogP contribution in [0.3, 0.4) is 0 Å². The van der Waals surface area contributed by atoms with Crippen molar-refractivity contribution < 1.29 is 4.79 Å². The molecule has 1 N–H and O–H groups in total. The van der Waals surface area contributed by atoms with E-state index in [0.717, 1.165) is 29.4 Å². The SMILES string of the molecule is CCC1(C(=O)Nc2ccc(Br)cc2)CCC1. The van der Waals surface area contributed by atoms with E-state index in [0.29, 0.717) is 0 Å². The lowest BCUT2D eigenvalue weighted by molar-refractivity contribution is -0.130. The first-order valence-corrected chi connectivity index (χ1v) is 6.53. The number of nitrogens with one attached hydrogen (secondary N) is 1. The maximum absolute atomic E-state index is 12.1. The van der Waals surface area contributed by atoms with E-state index in [1.54, 1.807) is 0 Å². The third kappa shape index (κ3) is 2.14. The van der Waals surface area contributed by atoms with Crippen LogP contribution in [0.4, 0.5) is 5.69 Å². The van der Waals surface area contributed by atoms with Crippen LogP contribution < -0.4 is 5.32 Å². The number of halogens is 1. The third-order valence-electron chi connectivity index (χ3n) is 3.57. The molecule has 1 aliphatic carbocycles. The van der Waals surface area contributed by atoms with Crippen molar-refractivity contribution in [1.82, 2.24) is 0 Å². The molecule has 1 fully saturated rings. The fourth-order valence-corrected chi connectivity index (χ4v) is 2.41. The van der Waals surface area contributed by atoms with Gasteiger partial charge in [0.15, 0.2) is 0 Å². The Balaban J connectivity index is 2.04. The fraction of sp³-hybridized carbons (Fsp3) is 0.462. The maximum Gasteiger partial charge on any atom is 0.230 e. The molecule has 1 aliphatic rings. The number of anilines is 1. The molecule has 0 aromatic heterocycles. The van der Waals surface area contributed by atoms with Gasteiger partial charge in [-0.3, -0.25) is 4.79 Å². The lowest BCUT2D eigenvalue weighted by Crippen LogP contribution is -2.41. The summed E-state index contributed by atoms with van der Waals surface area (Å²) in [4.78, 5) is 12.1. The van der Waals surface area contributed by atoms with Crippen LogP contribution in [0.1, 0.15) is 32.6 Å². The minimum absolute atomic E-state index is 0.0902. The molecule has 1 amide bonds. The summed E-state index contributed by atoms with van der Waals surface area (Å²) < 4.78 is 1.03. The van der Waals surface area contributed by atoms with E-state index >= 15 is 0 Å². The normalized spacial score (nSPS) is 17.6. The van der Waals surface area contributed by atoms with Crippen LogP contribution >= 0.6 is 15.9 Å². The lowest BCUT2D eigenvalue weighted by atomic mass is 9.66. The highest BCUT2D eigenvalue weighted by molar-refractivity contribution is 9.10. The highest BCUT2D eigenvalue weighted by Gasteiger charge is 2.42. The first kappa shape index (κ1) is 11.6. The molecule has 2 rings (SSSR count). The molecule has 1 aromatic carbocycles. The van der Waals surface area contributed by atoms with Crippen molar-refractivity contribution in [2.75, 3.05) is 5.32 Å². The molecule has 3 heteroatoms. The summed E-state index contributed by atoms with van der Waals surface area (Å²) in [6, 6.07) is 7.72. The Hall–Kier alpha value is -0.830. The molecule has 0 radical (unpaired) electrons. The van der Waals surface area contributed by atoms with Crippen LogP contribution in [0, 0.1) is 5.41 Å². The second-order valence-electron chi connectivity index (χ2n) is 4.45. The van der Waals surface area contributed by atoms with Crippen molar-refractivity contribution in [2.45, 2.75) is 32.6 Å². The van der Waals surface area contributed by atoms with E-state index < -0.39 is 0 Å². The Labute approximate surface area is 105 Å². The number of amides is 1. The van der Waals surface area contributed by atoms with Crippen molar-refractivity contribution in [2.24, 2.45) is 5.41 Å². The molecular formula is C13H16BrNO. The van der Waals surface area contributed by atoms with Gasteiger partial charge in [-0.15, -0.1) is 0 Å². The lowest BCUT2D eigenvalue weighted by Gasteiger charge is -2.39. The molecular weight excluding hydrogens is 266 g/mol. The summed E-state index contributed by atoms with van der Waals surface area (Å²) in [6.45, 7) is 2.10.